The fourth-order valence-corrected chi connectivity index (χ4v) is 2.88. The van der Waals surface area contributed by atoms with Crippen LogP contribution in [0.25, 0.3) is 10.2 Å². The molecule has 1 N–H and O–H groups in total. The minimum absolute atomic E-state index is 0.719. The van der Waals surface area contributed by atoms with Crippen LogP contribution in [0, 0.1) is 6.92 Å². The number of aromatic nitrogens is 3. The quantitative estimate of drug-likeness (QED) is 0.799. The Hall–Kier alpha value is -1.59. The smallest absolute Gasteiger partial charge is 0.183 e. The molecule has 0 aliphatic heterocycles. The molecule has 0 bridgehead atoms. The molecule has 3 aromatic rings. The highest BCUT2D eigenvalue weighted by atomic mass is 35.5. The predicted molar refractivity (Wildman–Crippen MR) is 80.1 cm³/mol. The van der Waals surface area contributed by atoms with E-state index >= 15 is 0 Å². The SMILES string of the molecule is Cc1cnn(CCNc2nc3cc(Cl)ccc3s2)c1. The van der Waals surface area contributed by atoms with Gasteiger partial charge >= 0.3 is 0 Å². The zero-order valence-electron chi connectivity index (χ0n) is 10.4. The van der Waals surface area contributed by atoms with Crippen LogP contribution in [-0.2, 0) is 6.54 Å². The van der Waals surface area contributed by atoms with Crippen molar-refractivity contribution >= 4 is 38.3 Å². The van der Waals surface area contributed by atoms with Crippen LogP contribution < -0.4 is 5.32 Å². The second-order valence-corrected chi connectivity index (χ2v) is 5.81. The van der Waals surface area contributed by atoms with Crippen LogP contribution in [0.1, 0.15) is 5.56 Å². The molecule has 2 heterocycles. The van der Waals surface area contributed by atoms with Crippen molar-refractivity contribution in [3.05, 3.63) is 41.2 Å². The summed E-state index contributed by atoms with van der Waals surface area (Å²) >= 11 is 7.58. The highest BCUT2D eigenvalue weighted by Crippen LogP contribution is 2.27. The second kappa shape index (κ2) is 5.19. The first-order valence-electron chi connectivity index (χ1n) is 6.00. The summed E-state index contributed by atoms with van der Waals surface area (Å²) in [6.45, 7) is 3.66. The van der Waals surface area contributed by atoms with Crippen molar-refractivity contribution < 1.29 is 0 Å². The fraction of sp³-hybridized carbons (Fsp3) is 0.231. The Balaban J connectivity index is 1.65. The van der Waals surface area contributed by atoms with Crippen molar-refractivity contribution in [2.75, 3.05) is 11.9 Å². The predicted octanol–water partition coefficient (Wildman–Crippen LogP) is 3.57. The Morgan fingerprint density at radius 1 is 1.42 bits per heavy atom. The Morgan fingerprint density at radius 3 is 3.11 bits per heavy atom. The zero-order valence-corrected chi connectivity index (χ0v) is 12.0. The van der Waals surface area contributed by atoms with Gasteiger partial charge in [-0.25, -0.2) is 4.98 Å². The summed E-state index contributed by atoms with van der Waals surface area (Å²) < 4.78 is 3.06. The van der Waals surface area contributed by atoms with Crippen LogP contribution in [0.15, 0.2) is 30.6 Å². The summed E-state index contributed by atoms with van der Waals surface area (Å²) in [5.74, 6) is 0. The lowest BCUT2D eigenvalue weighted by molar-refractivity contribution is 0.637. The van der Waals surface area contributed by atoms with Gasteiger partial charge in [-0.3, -0.25) is 4.68 Å². The van der Waals surface area contributed by atoms with E-state index in [-0.39, 0.29) is 0 Å². The van der Waals surface area contributed by atoms with Crippen molar-refractivity contribution in [1.82, 2.24) is 14.8 Å². The molecule has 0 amide bonds. The standard InChI is InChI=1S/C13H13ClN4S/c1-9-7-16-18(8-9)5-4-15-13-17-11-6-10(14)2-3-12(11)19-13/h2-3,6-8H,4-5H2,1H3,(H,15,17). The van der Waals surface area contributed by atoms with Gasteiger partial charge in [-0.2, -0.15) is 5.10 Å². The largest absolute Gasteiger partial charge is 0.360 e. The van der Waals surface area contributed by atoms with Gasteiger partial charge in [-0.1, -0.05) is 22.9 Å². The molecule has 0 spiro atoms. The lowest BCUT2D eigenvalue weighted by Gasteiger charge is -2.02. The van der Waals surface area contributed by atoms with Gasteiger partial charge in [0.05, 0.1) is 23.0 Å². The van der Waals surface area contributed by atoms with Crippen molar-refractivity contribution in [3.8, 4) is 0 Å². The van der Waals surface area contributed by atoms with Crippen LogP contribution in [0.2, 0.25) is 5.02 Å². The molecule has 4 nitrogen and oxygen atoms in total. The molecule has 0 unspecified atom stereocenters. The van der Waals surface area contributed by atoms with Gasteiger partial charge in [0, 0.05) is 17.8 Å². The van der Waals surface area contributed by atoms with E-state index in [4.69, 9.17) is 11.6 Å². The zero-order chi connectivity index (χ0) is 13.2. The van der Waals surface area contributed by atoms with E-state index < -0.39 is 0 Å². The van der Waals surface area contributed by atoms with Crippen LogP contribution in [0.4, 0.5) is 5.13 Å². The third-order valence-corrected chi connectivity index (χ3v) is 3.96. The number of hydrogen-bond donors (Lipinski definition) is 1. The normalized spacial score (nSPS) is 11.1. The molecule has 0 saturated heterocycles. The highest BCUT2D eigenvalue weighted by molar-refractivity contribution is 7.22. The number of thiazole rings is 1. The molecule has 0 radical (unpaired) electrons. The number of halogens is 1. The Labute approximate surface area is 120 Å². The third kappa shape index (κ3) is 2.88. The first-order valence-corrected chi connectivity index (χ1v) is 7.19. The number of hydrogen-bond acceptors (Lipinski definition) is 4. The fourth-order valence-electron chi connectivity index (χ4n) is 1.84. The maximum absolute atomic E-state index is 5.95. The Morgan fingerprint density at radius 2 is 2.32 bits per heavy atom. The van der Waals surface area contributed by atoms with Gasteiger partial charge in [-0.15, -0.1) is 0 Å². The van der Waals surface area contributed by atoms with Gasteiger partial charge in [-0.05, 0) is 30.7 Å². The van der Waals surface area contributed by atoms with E-state index in [1.807, 2.05) is 42.2 Å². The lowest BCUT2D eigenvalue weighted by atomic mass is 10.3. The molecule has 2 aromatic heterocycles. The van der Waals surface area contributed by atoms with Crippen molar-refractivity contribution in [1.29, 1.82) is 0 Å². The van der Waals surface area contributed by atoms with Gasteiger partial charge in [0.15, 0.2) is 5.13 Å². The molecule has 0 aliphatic rings. The molecule has 3 rings (SSSR count). The van der Waals surface area contributed by atoms with Crippen LogP contribution in [0.5, 0.6) is 0 Å². The Bertz CT molecular complexity index is 704. The average molecular weight is 293 g/mol. The first-order chi connectivity index (χ1) is 9.20. The van der Waals surface area contributed by atoms with Crippen molar-refractivity contribution in [2.45, 2.75) is 13.5 Å². The molecule has 0 saturated carbocycles. The number of aryl methyl sites for hydroxylation is 1. The van der Waals surface area contributed by atoms with Crippen molar-refractivity contribution in [2.24, 2.45) is 0 Å². The monoisotopic (exact) mass is 292 g/mol. The first kappa shape index (κ1) is 12.4. The number of anilines is 1. The van der Waals surface area contributed by atoms with E-state index in [1.165, 1.54) is 5.56 Å². The maximum atomic E-state index is 5.95. The summed E-state index contributed by atoms with van der Waals surface area (Å²) in [5.41, 5.74) is 2.12. The highest BCUT2D eigenvalue weighted by Gasteiger charge is 2.03. The summed E-state index contributed by atoms with van der Waals surface area (Å²) in [7, 11) is 0. The molecule has 0 atom stereocenters. The average Bonchev–Trinajstić information content (AvgIpc) is 2.95. The van der Waals surface area contributed by atoms with E-state index in [2.05, 4.69) is 15.4 Å². The number of benzene rings is 1. The number of rotatable bonds is 4. The van der Waals surface area contributed by atoms with E-state index in [1.54, 1.807) is 11.3 Å². The lowest BCUT2D eigenvalue weighted by Crippen LogP contribution is -2.10. The molecule has 0 aliphatic carbocycles. The maximum Gasteiger partial charge on any atom is 0.183 e. The van der Waals surface area contributed by atoms with Gasteiger partial charge in [0.2, 0.25) is 0 Å². The molecule has 98 valence electrons. The number of fused-ring (bicyclic) bond motifs is 1. The summed E-state index contributed by atoms with van der Waals surface area (Å²) in [6.07, 6.45) is 3.89. The van der Waals surface area contributed by atoms with Crippen LogP contribution >= 0.6 is 22.9 Å². The van der Waals surface area contributed by atoms with Crippen LogP contribution in [0.3, 0.4) is 0 Å². The minimum atomic E-state index is 0.719. The van der Waals surface area contributed by atoms with Crippen molar-refractivity contribution in [3.63, 3.8) is 0 Å². The van der Waals surface area contributed by atoms with E-state index in [0.717, 1.165) is 33.5 Å². The van der Waals surface area contributed by atoms with Gasteiger partial charge in [0.1, 0.15) is 0 Å². The summed E-state index contributed by atoms with van der Waals surface area (Å²) in [4.78, 5) is 4.50. The second-order valence-electron chi connectivity index (χ2n) is 4.34. The number of nitrogens with one attached hydrogen (secondary N) is 1. The van der Waals surface area contributed by atoms with E-state index in [9.17, 15) is 0 Å². The van der Waals surface area contributed by atoms with Gasteiger partial charge in [0.25, 0.3) is 0 Å². The minimum Gasteiger partial charge on any atom is -0.360 e. The molecule has 19 heavy (non-hydrogen) atoms. The molecule has 1 aromatic carbocycles. The number of nitrogens with zero attached hydrogens (tertiary/aromatic N) is 3. The van der Waals surface area contributed by atoms with E-state index in [0.29, 0.717) is 0 Å². The molecular formula is C13H13ClN4S. The topological polar surface area (TPSA) is 42.7 Å². The van der Waals surface area contributed by atoms with Gasteiger partial charge < -0.3 is 5.32 Å². The molecule has 6 heteroatoms. The summed E-state index contributed by atoms with van der Waals surface area (Å²) in [5, 5.41) is 9.19. The summed E-state index contributed by atoms with van der Waals surface area (Å²) in [6, 6.07) is 5.77. The van der Waals surface area contributed by atoms with Crippen LogP contribution in [-0.4, -0.2) is 21.3 Å². The molecule has 0 fully saturated rings. The molecular weight excluding hydrogens is 280 g/mol. The Kier molecular flexibility index (Phi) is 3.40. The third-order valence-electron chi connectivity index (χ3n) is 2.73.